The van der Waals surface area contributed by atoms with E-state index in [4.69, 9.17) is 5.84 Å². The second-order valence-electron chi connectivity index (χ2n) is 4.26. The number of hydrazine groups is 1. The topological polar surface area (TPSA) is 38.0 Å². The van der Waals surface area contributed by atoms with Crippen LogP contribution in [0.4, 0.5) is 0 Å². The lowest BCUT2D eigenvalue weighted by Crippen LogP contribution is -2.27. The molecule has 1 aromatic heterocycles. The summed E-state index contributed by atoms with van der Waals surface area (Å²) in [6.45, 7) is 0. The Morgan fingerprint density at radius 1 is 1.28 bits per heavy atom. The minimum Gasteiger partial charge on any atom is -0.271 e. The molecular weight excluding hydrogens is 308 g/mol. The quantitative estimate of drug-likeness (QED) is 0.621. The molecule has 4 heteroatoms. The molecule has 0 spiro atoms. The first kappa shape index (κ1) is 13.7. The third-order valence-corrected chi connectivity index (χ3v) is 4.74. The maximum atomic E-state index is 5.63. The second kappa shape index (κ2) is 7.04. The number of thiophene rings is 1. The van der Waals surface area contributed by atoms with Gasteiger partial charge in [-0.25, -0.2) is 0 Å². The molecule has 0 aliphatic carbocycles. The van der Waals surface area contributed by atoms with Gasteiger partial charge in [-0.15, -0.1) is 11.3 Å². The molecule has 3 N–H and O–H groups in total. The van der Waals surface area contributed by atoms with Gasteiger partial charge in [-0.3, -0.25) is 11.3 Å². The number of hydrogen-bond acceptors (Lipinski definition) is 3. The third kappa shape index (κ3) is 3.92. The van der Waals surface area contributed by atoms with E-state index in [0.717, 1.165) is 23.7 Å². The average molecular weight is 325 g/mol. The lowest BCUT2D eigenvalue weighted by Gasteiger charge is -2.13. The Kier molecular flexibility index (Phi) is 5.38. The van der Waals surface area contributed by atoms with Gasteiger partial charge in [0.15, 0.2) is 0 Å². The molecule has 1 heterocycles. The van der Waals surface area contributed by atoms with Crippen molar-refractivity contribution in [3.63, 3.8) is 0 Å². The molecular formula is C14H17BrN2S. The van der Waals surface area contributed by atoms with E-state index in [9.17, 15) is 0 Å². The lowest BCUT2D eigenvalue weighted by molar-refractivity contribution is 0.505. The molecule has 18 heavy (non-hydrogen) atoms. The highest BCUT2D eigenvalue weighted by Gasteiger charge is 2.11. The molecule has 2 aromatic rings. The number of aryl methyl sites for hydroxylation is 1. The third-order valence-electron chi connectivity index (χ3n) is 2.93. The van der Waals surface area contributed by atoms with Crippen molar-refractivity contribution in [1.82, 2.24) is 5.43 Å². The van der Waals surface area contributed by atoms with Gasteiger partial charge in [-0.1, -0.05) is 30.3 Å². The summed E-state index contributed by atoms with van der Waals surface area (Å²) in [6, 6.07) is 13.0. The molecule has 1 atom stereocenters. The SMILES string of the molecule is NNC(CCCc1ccccc1)c1cc(Br)cs1. The number of halogens is 1. The Morgan fingerprint density at radius 2 is 2.06 bits per heavy atom. The van der Waals surface area contributed by atoms with Crippen LogP contribution in [-0.4, -0.2) is 0 Å². The van der Waals surface area contributed by atoms with Crippen molar-refractivity contribution in [2.75, 3.05) is 0 Å². The summed E-state index contributed by atoms with van der Waals surface area (Å²) in [4.78, 5) is 1.29. The van der Waals surface area contributed by atoms with E-state index in [2.05, 4.69) is 63.1 Å². The Hall–Kier alpha value is -0.680. The molecule has 2 nitrogen and oxygen atoms in total. The maximum Gasteiger partial charge on any atom is 0.0553 e. The molecule has 0 saturated heterocycles. The predicted octanol–water partition coefficient (Wildman–Crippen LogP) is 4.04. The molecule has 1 aromatic carbocycles. The molecule has 0 amide bonds. The Labute approximate surface area is 120 Å². The molecule has 2 rings (SSSR count). The van der Waals surface area contributed by atoms with Crippen molar-refractivity contribution in [2.45, 2.75) is 25.3 Å². The van der Waals surface area contributed by atoms with Crippen molar-refractivity contribution in [2.24, 2.45) is 5.84 Å². The first-order chi connectivity index (χ1) is 8.79. The van der Waals surface area contributed by atoms with Crippen molar-refractivity contribution >= 4 is 27.3 Å². The van der Waals surface area contributed by atoms with Gasteiger partial charge >= 0.3 is 0 Å². The van der Waals surface area contributed by atoms with Gasteiger partial charge in [0.25, 0.3) is 0 Å². The zero-order valence-corrected chi connectivity index (χ0v) is 12.5. The Balaban J connectivity index is 1.85. The number of hydrogen-bond donors (Lipinski definition) is 2. The van der Waals surface area contributed by atoms with E-state index in [-0.39, 0.29) is 6.04 Å². The van der Waals surface area contributed by atoms with E-state index in [0.29, 0.717) is 0 Å². The highest BCUT2D eigenvalue weighted by molar-refractivity contribution is 9.10. The minimum absolute atomic E-state index is 0.255. The fourth-order valence-electron chi connectivity index (χ4n) is 1.97. The summed E-state index contributed by atoms with van der Waals surface area (Å²) in [7, 11) is 0. The fourth-order valence-corrected chi connectivity index (χ4v) is 3.51. The summed E-state index contributed by atoms with van der Waals surface area (Å²) in [5.41, 5.74) is 4.30. The lowest BCUT2D eigenvalue weighted by atomic mass is 10.0. The van der Waals surface area contributed by atoms with E-state index in [1.54, 1.807) is 11.3 Å². The number of nitrogens with two attached hydrogens (primary N) is 1. The van der Waals surface area contributed by atoms with Crippen LogP contribution in [0, 0.1) is 0 Å². The highest BCUT2D eigenvalue weighted by atomic mass is 79.9. The first-order valence-corrected chi connectivity index (χ1v) is 7.71. The van der Waals surface area contributed by atoms with Crippen LogP contribution in [-0.2, 0) is 6.42 Å². The van der Waals surface area contributed by atoms with Crippen LogP contribution in [0.25, 0.3) is 0 Å². The van der Waals surface area contributed by atoms with Gasteiger partial charge in [0.2, 0.25) is 0 Å². The van der Waals surface area contributed by atoms with Crippen LogP contribution in [0.3, 0.4) is 0 Å². The van der Waals surface area contributed by atoms with Gasteiger partial charge < -0.3 is 0 Å². The van der Waals surface area contributed by atoms with Crippen LogP contribution < -0.4 is 11.3 Å². The largest absolute Gasteiger partial charge is 0.271 e. The minimum atomic E-state index is 0.255. The zero-order chi connectivity index (χ0) is 12.8. The van der Waals surface area contributed by atoms with E-state index >= 15 is 0 Å². The average Bonchev–Trinajstić information content (AvgIpc) is 2.82. The second-order valence-corrected chi connectivity index (χ2v) is 6.12. The van der Waals surface area contributed by atoms with Crippen molar-refractivity contribution < 1.29 is 0 Å². The van der Waals surface area contributed by atoms with E-state index in [1.165, 1.54) is 10.4 Å². The summed E-state index contributed by atoms with van der Waals surface area (Å²) >= 11 is 5.22. The smallest absolute Gasteiger partial charge is 0.0553 e. The summed E-state index contributed by atoms with van der Waals surface area (Å²) < 4.78 is 1.13. The van der Waals surface area contributed by atoms with Crippen LogP contribution in [0.15, 0.2) is 46.3 Å². The monoisotopic (exact) mass is 324 g/mol. The molecule has 96 valence electrons. The summed E-state index contributed by atoms with van der Waals surface area (Å²) in [6.07, 6.45) is 3.29. The number of rotatable bonds is 6. The number of benzene rings is 1. The standard InChI is InChI=1S/C14H17BrN2S/c15-12-9-14(18-10-12)13(17-16)8-4-7-11-5-2-1-3-6-11/h1-3,5-6,9-10,13,17H,4,7-8,16H2. The van der Waals surface area contributed by atoms with Crippen molar-refractivity contribution in [1.29, 1.82) is 0 Å². The molecule has 0 radical (unpaired) electrons. The highest BCUT2D eigenvalue weighted by Crippen LogP contribution is 2.28. The van der Waals surface area contributed by atoms with E-state index < -0.39 is 0 Å². The van der Waals surface area contributed by atoms with Gasteiger partial charge in [0.05, 0.1) is 6.04 Å². The normalized spacial score (nSPS) is 12.6. The van der Waals surface area contributed by atoms with Crippen LogP contribution in [0.2, 0.25) is 0 Å². The van der Waals surface area contributed by atoms with Crippen LogP contribution in [0.1, 0.15) is 29.3 Å². The molecule has 1 unspecified atom stereocenters. The maximum absolute atomic E-state index is 5.63. The summed E-state index contributed by atoms with van der Waals surface area (Å²) in [5.74, 6) is 5.63. The molecule has 0 fully saturated rings. The Bertz CT molecular complexity index is 470. The van der Waals surface area contributed by atoms with Crippen molar-refractivity contribution in [3.8, 4) is 0 Å². The molecule has 0 aliphatic rings. The fraction of sp³-hybridized carbons (Fsp3) is 0.286. The van der Waals surface area contributed by atoms with E-state index in [1.807, 2.05) is 0 Å². The Morgan fingerprint density at radius 3 is 2.67 bits per heavy atom. The van der Waals surface area contributed by atoms with Gasteiger partial charge in [0.1, 0.15) is 0 Å². The van der Waals surface area contributed by atoms with Crippen molar-refractivity contribution in [3.05, 3.63) is 56.7 Å². The summed E-state index contributed by atoms with van der Waals surface area (Å²) in [5, 5.41) is 2.09. The first-order valence-electron chi connectivity index (χ1n) is 6.03. The van der Waals surface area contributed by atoms with Crippen LogP contribution in [0.5, 0.6) is 0 Å². The number of nitrogens with one attached hydrogen (secondary N) is 1. The van der Waals surface area contributed by atoms with Gasteiger partial charge in [-0.05, 0) is 46.8 Å². The van der Waals surface area contributed by atoms with Gasteiger partial charge in [0, 0.05) is 14.7 Å². The molecule has 0 bridgehead atoms. The zero-order valence-electron chi connectivity index (χ0n) is 10.1. The van der Waals surface area contributed by atoms with Crippen LogP contribution >= 0.6 is 27.3 Å². The molecule has 0 saturated carbocycles. The van der Waals surface area contributed by atoms with Gasteiger partial charge in [-0.2, -0.15) is 0 Å². The predicted molar refractivity (Wildman–Crippen MR) is 81.5 cm³/mol. The molecule has 0 aliphatic heterocycles.